The van der Waals surface area contributed by atoms with Crippen molar-refractivity contribution >= 4 is 0 Å². The highest BCUT2D eigenvalue weighted by Gasteiger charge is 2.17. The predicted molar refractivity (Wildman–Crippen MR) is 84.5 cm³/mol. The monoisotopic (exact) mass is 296 g/mol. The van der Waals surface area contributed by atoms with Gasteiger partial charge in [0.1, 0.15) is 0 Å². The van der Waals surface area contributed by atoms with E-state index in [1.807, 2.05) is 52.8 Å². The van der Waals surface area contributed by atoms with Gasteiger partial charge in [-0.3, -0.25) is 11.3 Å². The largest absolute Gasteiger partial charge is 0.490 e. The van der Waals surface area contributed by atoms with Crippen molar-refractivity contribution in [2.45, 2.75) is 46.3 Å². The van der Waals surface area contributed by atoms with E-state index < -0.39 is 0 Å². The zero-order valence-electron chi connectivity index (χ0n) is 13.7. The van der Waals surface area contributed by atoms with Crippen molar-refractivity contribution in [3.8, 4) is 11.5 Å². The van der Waals surface area contributed by atoms with Gasteiger partial charge in [0.15, 0.2) is 11.5 Å². The van der Waals surface area contributed by atoms with Crippen molar-refractivity contribution < 1.29 is 14.2 Å². The Morgan fingerprint density at radius 1 is 1.10 bits per heavy atom. The maximum absolute atomic E-state index is 5.80. The smallest absolute Gasteiger partial charge is 0.161 e. The maximum atomic E-state index is 5.80. The molecule has 0 saturated heterocycles. The second-order valence-electron chi connectivity index (χ2n) is 5.71. The van der Waals surface area contributed by atoms with Gasteiger partial charge in [-0.05, 0) is 52.3 Å². The first-order chi connectivity index (χ1) is 9.91. The number of hydrazine groups is 1. The number of nitrogens with two attached hydrogens (primary N) is 1. The van der Waals surface area contributed by atoms with E-state index in [0.29, 0.717) is 19.8 Å². The van der Waals surface area contributed by atoms with Crippen LogP contribution in [0.3, 0.4) is 0 Å². The number of rotatable bonds is 8. The normalized spacial score (nSPS) is 13.0. The van der Waals surface area contributed by atoms with E-state index in [9.17, 15) is 0 Å². The fourth-order valence-corrected chi connectivity index (χ4v) is 1.86. The number of ether oxygens (including phenoxy) is 3. The fourth-order valence-electron chi connectivity index (χ4n) is 1.86. The summed E-state index contributed by atoms with van der Waals surface area (Å²) in [6, 6.07) is 5.74. The van der Waals surface area contributed by atoms with E-state index in [2.05, 4.69) is 5.43 Å². The molecule has 0 spiro atoms. The average Bonchev–Trinajstić information content (AvgIpc) is 2.41. The summed E-state index contributed by atoms with van der Waals surface area (Å²) >= 11 is 0. The minimum atomic E-state index is -0.205. The molecule has 0 aliphatic carbocycles. The second kappa shape index (κ2) is 8.22. The Hall–Kier alpha value is -1.30. The molecule has 0 aliphatic heterocycles. The van der Waals surface area contributed by atoms with Crippen LogP contribution < -0.4 is 20.7 Å². The van der Waals surface area contributed by atoms with Crippen LogP contribution in [0.5, 0.6) is 11.5 Å². The number of nitrogens with one attached hydrogen (secondary N) is 1. The van der Waals surface area contributed by atoms with Gasteiger partial charge in [0.05, 0.1) is 31.5 Å². The van der Waals surface area contributed by atoms with Crippen molar-refractivity contribution in [2.75, 3.05) is 19.8 Å². The third kappa shape index (κ3) is 5.91. The second-order valence-corrected chi connectivity index (χ2v) is 5.71. The Morgan fingerprint density at radius 3 is 2.24 bits per heavy atom. The summed E-state index contributed by atoms with van der Waals surface area (Å²) in [6.45, 7) is 11.6. The van der Waals surface area contributed by atoms with Crippen LogP contribution in [0.4, 0.5) is 0 Å². The zero-order chi connectivity index (χ0) is 15.9. The van der Waals surface area contributed by atoms with Crippen molar-refractivity contribution in [3.05, 3.63) is 23.8 Å². The van der Waals surface area contributed by atoms with Crippen molar-refractivity contribution in [2.24, 2.45) is 5.84 Å². The van der Waals surface area contributed by atoms with Gasteiger partial charge >= 0.3 is 0 Å². The molecule has 0 bridgehead atoms. The van der Waals surface area contributed by atoms with Crippen LogP contribution in [0.25, 0.3) is 0 Å². The quantitative estimate of drug-likeness (QED) is 0.570. The summed E-state index contributed by atoms with van der Waals surface area (Å²) in [5.41, 5.74) is 3.59. The molecule has 5 nitrogen and oxygen atoms in total. The zero-order valence-corrected chi connectivity index (χ0v) is 13.7. The van der Waals surface area contributed by atoms with Gasteiger partial charge < -0.3 is 14.2 Å². The molecule has 0 radical (unpaired) electrons. The summed E-state index contributed by atoms with van der Waals surface area (Å²) in [5.74, 6) is 7.13. The first-order valence-electron chi connectivity index (χ1n) is 7.40. The molecule has 0 fully saturated rings. The molecule has 1 aromatic carbocycles. The van der Waals surface area contributed by atoms with Gasteiger partial charge in [0.2, 0.25) is 0 Å². The standard InChI is InChI=1S/C16H28N2O3/c1-6-19-14-9-8-12(10-15(14)20-7-2)13(18-17)11-21-16(3,4)5/h8-10,13,18H,6-7,11,17H2,1-5H3. The van der Waals surface area contributed by atoms with E-state index in [-0.39, 0.29) is 11.6 Å². The summed E-state index contributed by atoms with van der Waals surface area (Å²) < 4.78 is 17.0. The lowest BCUT2D eigenvalue weighted by Gasteiger charge is -2.25. The molecule has 0 aromatic heterocycles. The molecule has 0 heterocycles. The third-order valence-corrected chi connectivity index (χ3v) is 2.85. The lowest BCUT2D eigenvalue weighted by molar-refractivity contribution is -0.0148. The maximum Gasteiger partial charge on any atom is 0.161 e. The van der Waals surface area contributed by atoms with E-state index >= 15 is 0 Å². The fraction of sp³-hybridized carbons (Fsp3) is 0.625. The van der Waals surface area contributed by atoms with E-state index in [4.69, 9.17) is 20.1 Å². The Bertz CT molecular complexity index is 430. The summed E-state index contributed by atoms with van der Waals surface area (Å²) in [6.07, 6.45) is 0. The number of hydrogen-bond donors (Lipinski definition) is 2. The molecular weight excluding hydrogens is 268 g/mol. The Labute approximate surface area is 127 Å². The van der Waals surface area contributed by atoms with E-state index in [1.54, 1.807) is 0 Å². The molecule has 0 amide bonds. The van der Waals surface area contributed by atoms with E-state index in [0.717, 1.165) is 17.1 Å². The van der Waals surface area contributed by atoms with Crippen molar-refractivity contribution in [3.63, 3.8) is 0 Å². The lowest BCUT2D eigenvalue weighted by atomic mass is 10.1. The highest BCUT2D eigenvalue weighted by atomic mass is 16.5. The van der Waals surface area contributed by atoms with Gasteiger partial charge in [-0.25, -0.2) is 0 Å². The molecule has 120 valence electrons. The van der Waals surface area contributed by atoms with Crippen molar-refractivity contribution in [1.29, 1.82) is 0 Å². The van der Waals surface area contributed by atoms with Gasteiger partial charge in [-0.2, -0.15) is 0 Å². The predicted octanol–water partition coefficient (Wildman–Crippen LogP) is 2.80. The van der Waals surface area contributed by atoms with Crippen LogP contribution in [-0.4, -0.2) is 25.4 Å². The Kier molecular flexibility index (Phi) is 6.95. The highest BCUT2D eigenvalue weighted by Crippen LogP contribution is 2.31. The minimum Gasteiger partial charge on any atom is -0.490 e. The molecule has 1 aromatic rings. The van der Waals surface area contributed by atoms with Gasteiger partial charge in [-0.15, -0.1) is 0 Å². The highest BCUT2D eigenvalue weighted by molar-refractivity contribution is 5.44. The van der Waals surface area contributed by atoms with Crippen LogP contribution in [0.15, 0.2) is 18.2 Å². The van der Waals surface area contributed by atoms with Crippen LogP contribution >= 0.6 is 0 Å². The summed E-state index contributed by atoms with van der Waals surface area (Å²) in [5, 5.41) is 0. The lowest BCUT2D eigenvalue weighted by Crippen LogP contribution is -2.34. The van der Waals surface area contributed by atoms with Crippen LogP contribution in [0, 0.1) is 0 Å². The average molecular weight is 296 g/mol. The number of benzene rings is 1. The molecule has 21 heavy (non-hydrogen) atoms. The molecule has 5 heteroatoms. The molecule has 1 atom stereocenters. The van der Waals surface area contributed by atoms with Crippen LogP contribution in [0.2, 0.25) is 0 Å². The van der Waals surface area contributed by atoms with E-state index in [1.165, 1.54) is 0 Å². The van der Waals surface area contributed by atoms with Gasteiger partial charge in [-0.1, -0.05) is 6.07 Å². The first kappa shape index (κ1) is 17.8. The Morgan fingerprint density at radius 2 is 1.71 bits per heavy atom. The topological polar surface area (TPSA) is 65.7 Å². The number of hydrogen-bond acceptors (Lipinski definition) is 5. The molecule has 1 rings (SSSR count). The van der Waals surface area contributed by atoms with Crippen LogP contribution in [0.1, 0.15) is 46.2 Å². The molecule has 0 aliphatic rings. The molecule has 0 saturated carbocycles. The first-order valence-corrected chi connectivity index (χ1v) is 7.40. The summed E-state index contributed by atoms with van der Waals surface area (Å²) in [7, 11) is 0. The molecular formula is C16H28N2O3. The minimum absolute atomic E-state index is 0.0980. The Balaban J connectivity index is 2.91. The summed E-state index contributed by atoms with van der Waals surface area (Å²) in [4.78, 5) is 0. The molecule has 1 unspecified atom stereocenters. The van der Waals surface area contributed by atoms with Crippen LogP contribution in [-0.2, 0) is 4.74 Å². The van der Waals surface area contributed by atoms with Crippen molar-refractivity contribution in [1.82, 2.24) is 5.43 Å². The van der Waals surface area contributed by atoms with Gasteiger partial charge in [0, 0.05) is 0 Å². The van der Waals surface area contributed by atoms with Gasteiger partial charge in [0.25, 0.3) is 0 Å². The SMILES string of the molecule is CCOc1ccc(C(COC(C)(C)C)NN)cc1OCC. The third-order valence-electron chi connectivity index (χ3n) is 2.85. The molecule has 3 N–H and O–H groups in total.